The third-order valence-corrected chi connectivity index (χ3v) is 2.92. The van der Waals surface area contributed by atoms with Crippen molar-refractivity contribution in [2.75, 3.05) is 0 Å². The van der Waals surface area contributed by atoms with Crippen molar-refractivity contribution in [3.05, 3.63) is 53.8 Å². The molecule has 0 aliphatic carbocycles. The molecule has 1 heterocycles. The van der Waals surface area contributed by atoms with E-state index in [1.807, 2.05) is 0 Å². The Labute approximate surface area is 110 Å². The molecular formula is C14H7F4NO. The minimum Gasteiger partial charge on any atom is -0.356 e. The largest absolute Gasteiger partial charge is 0.416 e. The predicted octanol–water partition coefficient (Wildman–Crippen LogP) is 4.65. The number of benzene rings is 2. The highest BCUT2D eigenvalue weighted by atomic mass is 19.4. The van der Waals surface area contributed by atoms with E-state index < -0.39 is 17.6 Å². The summed E-state index contributed by atoms with van der Waals surface area (Å²) in [5.74, 6) is -0.402. The van der Waals surface area contributed by atoms with Crippen LogP contribution in [0.3, 0.4) is 0 Å². The van der Waals surface area contributed by atoms with E-state index in [4.69, 9.17) is 4.52 Å². The summed E-state index contributed by atoms with van der Waals surface area (Å²) in [6, 6.07) is 8.64. The highest BCUT2D eigenvalue weighted by molar-refractivity contribution is 5.91. The Morgan fingerprint density at radius 1 is 0.950 bits per heavy atom. The van der Waals surface area contributed by atoms with Gasteiger partial charge >= 0.3 is 6.18 Å². The van der Waals surface area contributed by atoms with Crippen molar-refractivity contribution in [3.63, 3.8) is 0 Å². The normalized spacial score (nSPS) is 12.0. The van der Waals surface area contributed by atoms with Gasteiger partial charge in [0.15, 0.2) is 5.58 Å². The van der Waals surface area contributed by atoms with E-state index in [1.54, 1.807) is 0 Å². The molecule has 102 valence electrons. The first-order valence-corrected chi connectivity index (χ1v) is 5.68. The fraction of sp³-hybridized carbons (Fsp3) is 0.0714. The minimum absolute atomic E-state index is 0.0409. The second-order valence-electron chi connectivity index (χ2n) is 4.25. The van der Waals surface area contributed by atoms with Gasteiger partial charge in [-0.15, -0.1) is 0 Å². The molecule has 20 heavy (non-hydrogen) atoms. The number of rotatable bonds is 1. The van der Waals surface area contributed by atoms with Crippen LogP contribution in [0.25, 0.3) is 22.2 Å². The van der Waals surface area contributed by atoms with E-state index in [9.17, 15) is 17.6 Å². The number of fused-ring (bicyclic) bond motifs is 1. The Hall–Kier alpha value is -2.37. The molecule has 0 aliphatic heterocycles. The molecule has 1 aromatic heterocycles. The fourth-order valence-corrected chi connectivity index (χ4v) is 1.93. The molecule has 0 spiro atoms. The first-order valence-electron chi connectivity index (χ1n) is 5.68. The SMILES string of the molecule is Fc1ccc(-c2noc3cc(C(F)(F)F)ccc23)cc1. The van der Waals surface area contributed by atoms with Crippen molar-refractivity contribution in [1.29, 1.82) is 0 Å². The quantitative estimate of drug-likeness (QED) is 0.607. The van der Waals surface area contributed by atoms with Crippen LogP contribution in [0.1, 0.15) is 5.56 Å². The molecule has 0 atom stereocenters. The average Bonchev–Trinajstić information content (AvgIpc) is 2.81. The molecule has 3 aromatic rings. The van der Waals surface area contributed by atoms with Crippen LogP contribution in [0, 0.1) is 5.82 Å². The summed E-state index contributed by atoms with van der Waals surface area (Å²) >= 11 is 0. The summed E-state index contributed by atoms with van der Waals surface area (Å²) in [6.45, 7) is 0. The lowest BCUT2D eigenvalue weighted by Gasteiger charge is -2.05. The lowest BCUT2D eigenvalue weighted by atomic mass is 10.1. The highest BCUT2D eigenvalue weighted by Gasteiger charge is 2.31. The zero-order chi connectivity index (χ0) is 14.3. The Bertz CT molecular complexity index is 759. The van der Waals surface area contributed by atoms with Crippen molar-refractivity contribution in [1.82, 2.24) is 5.16 Å². The van der Waals surface area contributed by atoms with E-state index in [0.29, 0.717) is 16.6 Å². The van der Waals surface area contributed by atoms with Crippen LogP contribution in [-0.4, -0.2) is 5.16 Å². The topological polar surface area (TPSA) is 26.0 Å². The highest BCUT2D eigenvalue weighted by Crippen LogP contribution is 2.34. The van der Waals surface area contributed by atoms with Gasteiger partial charge in [0.25, 0.3) is 0 Å². The first kappa shape index (κ1) is 12.7. The van der Waals surface area contributed by atoms with Crippen LogP contribution < -0.4 is 0 Å². The maximum absolute atomic E-state index is 12.9. The third kappa shape index (κ3) is 2.13. The van der Waals surface area contributed by atoms with Crippen molar-refractivity contribution in [2.45, 2.75) is 6.18 Å². The van der Waals surface area contributed by atoms with Crippen LogP contribution in [0.15, 0.2) is 47.0 Å². The summed E-state index contributed by atoms with van der Waals surface area (Å²) < 4.78 is 55.5. The molecule has 0 saturated carbocycles. The van der Waals surface area contributed by atoms with E-state index in [0.717, 1.165) is 12.1 Å². The van der Waals surface area contributed by atoms with E-state index in [-0.39, 0.29) is 5.58 Å². The molecule has 3 rings (SSSR count). The zero-order valence-electron chi connectivity index (χ0n) is 9.91. The van der Waals surface area contributed by atoms with Crippen molar-refractivity contribution in [3.8, 4) is 11.3 Å². The monoisotopic (exact) mass is 281 g/mol. The molecule has 2 nitrogen and oxygen atoms in total. The first-order chi connectivity index (χ1) is 9.45. The molecule has 0 radical (unpaired) electrons. The molecule has 2 aromatic carbocycles. The van der Waals surface area contributed by atoms with Gasteiger partial charge in [-0.2, -0.15) is 13.2 Å². The predicted molar refractivity (Wildman–Crippen MR) is 64.4 cm³/mol. The molecule has 0 saturated heterocycles. The van der Waals surface area contributed by atoms with Crippen molar-refractivity contribution in [2.24, 2.45) is 0 Å². The van der Waals surface area contributed by atoms with E-state index in [1.165, 1.54) is 30.3 Å². The van der Waals surface area contributed by atoms with Gasteiger partial charge in [0.2, 0.25) is 0 Å². The number of aromatic nitrogens is 1. The Morgan fingerprint density at radius 3 is 2.30 bits per heavy atom. The molecule has 0 bridgehead atoms. The van der Waals surface area contributed by atoms with Gasteiger partial charge in [-0.3, -0.25) is 0 Å². The Balaban J connectivity index is 2.13. The number of nitrogens with zero attached hydrogens (tertiary/aromatic N) is 1. The Morgan fingerprint density at radius 2 is 1.65 bits per heavy atom. The smallest absolute Gasteiger partial charge is 0.356 e. The van der Waals surface area contributed by atoms with Gasteiger partial charge in [0, 0.05) is 10.9 Å². The van der Waals surface area contributed by atoms with Gasteiger partial charge in [-0.1, -0.05) is 5.16 Å². The van der Waals surface area contributed by atoms with Crippen molar-refractivity contribution < 1.29 is 22.1 Å². The lowest BCUT2D eigenvalue weighted by molar-refractivity contribution is -0.137. The summed E-state index contributed by atoms with van der Waals surface area (Å²) in [5, 5.41) is 4.20. The van der Waals surface area contributed by atoms with Gasteiger partial charge in [-0.25, -0.2) is 4.39 Å². The summed E-state index contributed by atoms with van der Waals surface area (Å²) in [6.07, 6.45) is -4.43. The minimum atomic E-state index is -4.43. The van der Waals surface area contributed by atoms with Crippen LogP contribution >= 0.6 is 0 Å². The maximum Gasteiger partial charge on any atom is 0.416 e. The average molecular weight is 281 g/mol. The van der Waals surface area contributed by atoms with E-state index in [2.05, 4.69) is 5.16 Å². The Kier molecular flexibility index (Phi) is 2.74. The molecular weight excluding hydrogens is 274 g/mol. The second-order valence-corrected chi connectivity index (χ2v) is 4.25. The van der Waals surface area contributed by atoms with Gasteiger partial charge in [-0.05, 0) is 42.5 Å². The van der Waals surface area contributed by atoms with Crippen LogP contribution in [0.4, 0.5) is 17.6 Å². The molecule has 0 fully saturated rings. The van der Waals surface area contributed by atoms with Crippen molar-refractivity contribution >= 4 is 11.0 Å². The molecule has 0 aliphatic rings. The summed E-state index contributed by atoms with van der Waals surface area (Å²) in [7, 11) is 0. The fourth-order valence-electron chi connectivity index (χ4n) is 1.93. The number of hydrogen-bond acceptors (Lipinski definition) is 2. The summed E-state index contributed by atoms with van der Waals surface area (Å²) in [5.41, 5.74) is 0.199. The standard InChI is InChI=1S/C14H7F4NO/c15-10-4-1-8(2-5-10)13-11-6-3-9(14(16,17)18)7-12(11)20-19-13/h1-7H. The maximum atomic E-state index is 12.9. The molecule has 0 N–H and O–H groups in total. The van der Waals surface area contributed by atoms with Crippen LogP contribution in [0.5, 0.6) is 0 Å². The third-order valence-electron chi connectivity index (χ3n) is 2.92. The van der Waals surface area contributed by atoms with Gasteiger partial charge in [0.05, 0.1) is 5.56 Å². The molecule has 6 heteroatoms. The zero-order valence-corrected chi connectivity index (χ0v) is 9.91. The number of halogens is 4. The second kappa shape index (κ2) is 4.33. The number of alkyl halides is 3. The van der Waals surface area contributed by atoms with Crippen LogP contribution in [0.2, 0.25) is 0 Å². The lowest BCUT2D eigenvalue weighted by Crippen LogP contribution is -2.03. The van der Waals surface area contributed by atoms with Crippen LogP contribution in [-0.2, 0) is 6.18 Å². The number of hydrogen-bond donors (Lipinski definition) is 0. The molecule has 0 amide bonds. The molecule has 0 unspecified atom stereocenters. The summed E-state index contributed by atoms with van der Waals surface area (Å²) in [4.78, 5) is 0. The van der Waals surface area contributed by atoms with Gasteiger partial charge < -0.3 is 4.52 Å². The van der Waals surface area contributed by atoms with Gasteiger partial charge in [0.1, 0.15) is 11.5 Å². The van der Waals surface area contributed by atoms with E-state index >= 15 is 0 Å².